The van der Waals surface area contributed by atoms with Crippen molar-refractivity contribution in [1.82, 2.24) is 14.9 Å². The van der Waals surface area contributed by atoms with Crippen LogP contribution in [0.15, 0.2) is 22.7 Å². The lowest BCUT2D eigenvalue weighted by atomic mass is 9.76. The molecular formula is C16H22BrN3. The fourth-order valence-electron chi connectivity index (χ4n) is 3.47. The van der Waals surface area contributed by atoms with E-state index in [1.807, 2.05) is 0 Å². The molecule has 0 spiro atoms. The molecule has 108 valence electrons. The van der Waals surface area contributed by atoms with Gasteiger partial charge in [-0.3, -0.25) is 0 Å². The molecular weight excluding hydrogens is 314 g/mol. The molecule has 1 saturated heterocycles. The van der Waals surface area contributed by atoms with Gasteiger partial charge in [-0.05, 0) is 57.5 Å². The number of fused-ring (bicyclic) bond motifs is 1. The summed E-state index contributed by atoms with van der Waals surface area (Å²) >= 11 is 3.56. The lowest BCUT2D eigenvalue weighted by Crippen LogP contribution is -2.41. The van der Waals surface area contributed by atoms with Crippen molar-refractivity contribution in [1.29, 1.82) is 0 Å². The Morgan fingerprint density at radius 2 is 2.05 bits per heavy atom. The number of benzene rings is 1. The third kappa shape index (κ3) is 2.19. The van der Waals surface area contributed by atoms with Gasteiger partial charge in [0.1, 0.15) is 5.82 Å². The second kappa shape index (κ2) is 5.49. The minimum absolute atomic E-state index is 0.243. The van der Waals surface area contributed by atoms with Gasteiger partial charge in [-0.1, -0.05) is 22.9 Å². The van der Waals surface area contributed by atoms with Gasteiger partial charge in [-0.25, -0.2) is 4.98 Å². The van der Waals surface area contributed by atoms with Crippen LogP contribution in [0.5, 0.6) is 0 Å². The molecule has 1 aliphatic heterocycles. The van der Waals surface area contributed by atoms with E-state index >= 15 is 0 Å². The van der Waals surface area contributed by atoms with Crippen LogP contribution < -0.4 is 5.32 Å². The van der Waals surface area contributed by atoms with Crippen LogP contribution in [0, 0.1) is 0 Å². The van der Waals surface area contributed by atoms with Crippen LogP contribution in [-0.2, 0) is 12.0 Å². The van der Waals surface area contributed by atoms with Crippen molar-refractivity contribution in [3.05, 3.63) is 28.5 Å². The first-order chi connectivity index (χ1) is 9.70. The maximum Gasteiger partial charge on any atom is 0.116 e. The lowest BCUT2D eigenvalue weighted by Gasteiger charge is -2.36. The van der Waals surface area contributed by atoms with Crippen molar-refractivity contribution in [2.45, 2.75) is 45.1 Å². The van der Waals surface area contributed by atoms with Crippen molar-refractivity contribution in [2.75, 3.05) is 13.1 Å². The summed E-state index contributed by atoms with van der Waals surface area (Å²) in [6.07, 6.45) is 3.54. The summed E-state index contributed by atoms with van der Waals surface area (Å²) < 4.78 is 3.52. The minimum atomic E-state index is 0.243. The Bertz CT molecular complexity index is 611. The number of imidazole rings is 1. The average Bonchev–Trinajstić information content (AvgIpc) is 2.86. The van der Waals surface area contributed by atoms with E-state index in [1.54, 1.807) is 0 Å². The van der Waals surface area contributed by atoms with E-state index in [0.717, 1.165) is 29.6 Å². The Labute approximate surface area is 128 Å². The fourth-order valence-corrected chi connectivity index (χ4v) is 3.82. The van der Waals surface area contributed by atoms with Crippen molar-refractivity contribution in [3.63, 3.8) is 0 Å². The van der Waals surface area contributed by atoms with Crippen LogP contribution in [-0.4, -0.2) is 22.6 Å². The number of hydrogen-bond acceptors (Lipinski definition) is 2. The summed E-state index contributed by atoms with van der Waals surface area (Å²) in [5.74, 6) is 1.29. The molecule has 1 aromatic heterocycles. The molecule has 2 aromatic rings. The van der Waals surface area contributed by atoms with Gasteiger partial charge in [0.15, 0.2) is 0 Å². The second-order valence-electron chi connectivity index (χ2n) is 5.70. The molecule has 0 saturated carbocycles. The lowest BCUT2D eigenvalue weighted by molar-refractivity contribution is 0.275. The van der Waals surface area contributed by atoms with Gasteiger partial charge in [0, 0.05) is 16.4 Å². The van der Waals surface area contributed by atoms with Crippen LogP contribution in [0.1, 0.15) is 38.9 Å². The van der Waals surface area contributed by atoms with Gasteiger partial charge in [0.25, 0.3) is 0 Å². The number of hydrogen-bond donors (Lipinski definition) is 1. The van der Waals surface area contributed by atoms with Gasteiger partial charge in [-0.15, -0.1) is 0 Å². The highest BCUT2D eigenvalue weighted by molar-refractivity contribution is 9.10. The van der Waals surface area contributed by atoms with Crippen molar-refractivity contribution < 1.29 is 0 Å². The van der Waals surface area contributed by atoms with Crippen molar-refractivity contribution in [3.8, 4) is 0 Å². The minimum Gasteiger partial charge on any atom is -0.328 e. The monoisotopic (exact) mass is 335 g/mol. The standard InChI is InChI=1S/C16H22BrN3/c1-3-16(7-9-18-10-8-16)15-19-13-11-12(17)5-6-14(13)20(15)4-2/h5-6,11,18H,3-4,7-10H2,1-2H3. The predicted molar refractivity (Wildman–Crippen MR) is 87.2 cm³/mol. The molecule has 0 amide bonds. The van der Waals surface area contributed by atoms with Crippen LogP contribution in [0.4, 0.5) is 0 Å². The largest absolute Gasteiger partial charge is 0.328 e. The Morgan fingerprint density at radius 3 is 2.70 bits per heavy atom. The SMILES string of the molecule is CCn1c(C2(CC)CCNCC2)nc2cc(Br)ccc21. The zero-order valence-corrected chi connectivity index (χ0v) is 13.8. The average molecular weight is 336 g/mol. The first-order valence-electron chi connectivity index (χ1n) is 7.57. The molecule has 1 aliphatic rings. The van der Waals surface area contributed by atoms with E-state index in [1.165, 1.54) is 30.6 Å². The van der Waals surface area contributed by atoms with E-state index in [4.69, 9.17) is 4.98 Å². The third-order valence-electron chi connectivity index (χ3n) is 4.74. The summed E-state index contributed by atoms with van der Waals surface area (Å²) in [7, 11) is 0. The Kier molecular flexibility index (Phi) is 3.87. The van der Waals surface area contributed by atoms with Gasteiger partial charge >= 0.3 is 0 Å². The Balaban J connectivity index is 2.18. The maximum atomic E-state index is 5.02. The second-order valence-corrected chi connectivity index (χ2v) is 6.61. The zero-order valence-electron chi connectivity index (χ0n) is 12.2. The van der Waals surface area contributed by atoms with Crippen LogP contribution in [0.2, 0.25) is 0 Å². The first-order valence-corrected chi connectivity index (χ1v) is 8.36. The topological polar surface area (TPSA) is 29.9 Å². The van der Waals surface area contributed by atoms with E-state index in [-0.39, 0.29) is 5.41 Å². The van der Waals surface area contributed by atoms with E-state index in [0.29, 0.717) is 0 Å². The molecule has 2 heterocycles. The molecule has 0 unspecified atom stereocenters. The first kappa shape index (κ1) is 14.1. The van der Waals surface area contributed by atoms with E-state index in [2.05, 4.69) is 57.9 Å². The molecule has 0 bridgehead atoms. The summed E-state index contributed by atoms with van der Waals surface area (Å²) in [6.45, 7) is 7.72. The molecule has 4 heteroatoms. The molecule has 0 aliphatic carbocycles. The van der Waals surface area contributed by atoms with Crippen molar-refractivity contribution >= 4 is 27.0 Å². The molecule has 20 heavy (non-hydrogen) atoms. The quantitative estimate of drug-likeness (QED) is 0.923. The molecule has 1 N–H and O–H groups in total. The highest BCUT2D eigenvalue weighted by atomic mass is 79.9. The van der Waals surface area contributed by atoms with E-state index in [9.17, 15) is 0 Å². The van der Waals surface area contributed by atoms with Crippen molar-refractivity contribution in [2.24, 2.45) is 0 Å². The zero-order chi connectivity index (χ0) is 14.2. The molecule has 0 radical (unpaired) electrons. The van der Waals surface area contributed by atoms with Gasteiger partial charge in [0.2, 0.25) is 0 Å². The number of piperidine rings is 1. The number of halogens is 1. The van der Waals surface area contributed by atoms with E-state index < -0.39 is 0 Å². The maximum absolute atomic E-state index is 5.02. The normalized spacial score (nSPS) is 18.6. The smallest absolute Gasteiger partial charge is 0.116 e. The predicted octanol–water partition coefficient (Wildman–Crippen LogP) is 3.85. The molecule has 1 aromatic carbocycles. The number of aromatic nitrogens is 2. The van der Waals surface area contributed by atoms with Crippen LogP contribution >= 0.6 is 15.9 Å². The number of nitrogens with zero attached hydrogens (tertiary/aromatic N) is 2. The highest BCUT2D eigenvalue weighted by Gasteiger charge is 2.36. The van der Waals surface area contributed by atoms with Crippen LogP contribution in [0.25, 0.3) is 11.0 Å². The number of nitrogens with one attached hydrogen (secondary N) is 1. The summed E-state index contributed by atoms with van der Waals surface area (Å²) in [5, 5.41) is 3.48. The molecule has 0 atom stereocenters. The Hall–Kier alpha value is -0.870. The summed E-state index contributed by atoms with van der Waals surface area (Å²) in [6, 6.07) is 6.43. The summed E-state index contributed by atoms with van der Waals surface area (Å²) in [5.41, 5.74) is 2.62. The van der Waals surface area contributed by atoms with Crippen LogP contribution in [0.3, 0.4) is 0 Å². The number of aryl methyl sites for hydroxylation is 1. The fraction of sp³-hybridized carbons (Fsp3) is 0.562. The molecule has 3 nitrogen and oxygen atoms in total. The Morgan fingerprint density at radius 1 is 1.30 bits per heavy atom. The summed E-state index contributed by atoms with van der Waals surface area (Å²) in [4.78, 5) is 5.02. The molecule has 1 fully saturated rings. The highest BCUT2D eigenvalue weighted by Crippen LogP contribution is 2.38. The van der Waals surface area contributed by atoms with Gasteiger partial charge in [0.05, 0.1) is 11.0 Å². The van der Waals surface area contributed by atoms with Gasteiger partial charge in [-0.2, -0.15) is 0 Å². The van der Waals surface area contributed by atoms with Gasteiger partial charge < -0.3 is 9.88 Å². The molecule has 3 rings (SSSR count). The third-order valence-corrected chi connectivity index (χ3v) is 5.23. The number of rotatable bonds is 3.